The molecule has 0 spiro atoms. The van der Waals surface area contributed by atoms with Crippen molar-refractivity contribution in [1.82, 2.24) is 21.3 Å². The van der Waals surface area contributed by atoms with Crippen molar-refractivity contribution in [1.29, 1.82) is 0 Å². The maximum absolute atomic E-state index is 13.5. The van der Waals surface area contributed by atoms with Gasteiger partial charge in [-0.3, -0.25) is 14.4 Å². The summed E-state index contributed by atoms with van der Waals surface area (Å²) >= 11 is 0. The molecule has 3 rings (SSSR count). The van der Waals surface area contributed by atoms with E-state index in [1.807, 2.05) is 62.4 Å². The van der Waals surface area contributed by atoms with E-state index in [4.69, 9.17) is 4.74 Å². The Balaban J connectivity index is 1.72. The first-order valence-electron chi connectivity index (χ1n) is 13.1. The molecule has 0 aromatic heterocycles. The molecule has 0 bridgehead atoms. The summed E-state index contributed by atoms with van der Waals surface area (Å²) in [6.07, 6.45) is 2.80. The average molecular weight is 509 g/mol. The fourth-order valence-corrected chi connectivity index (χ4v) is 4.43. The number of benzene rings is 2. The first-order valence-corrected chi connectivity index (χ1v) is 13.1. The van der Waals surface area contributed by atoms with E-state index in [2.05, 4.69) is 27.3 Å². The molecule has 8 nitrogen and oxygen atoms in total. The number of hydrogen-bond acceptors (Lipinski definition) is 5. The van der Waals surface area contributed by atoms with E-state index < -0.39 is 24.0 Å². The fourth-order valence-electron chi connectivity index (χ4n) is 4.43. The molecule has 0 heterocycles. The quantitative estimate of drug-likeness (QED) is 0.353. The van der Waals surface area contributed by atoms with Gasteiger partial charge in [-0.2, -0.15) is 0 Å². The van der Waals surface area contributed by atoms with E-state index in [0.717, 1.165) is 30.4 Å². The van der Waals surface area contributed by atoms with Crippen LogP contribution in [0.4, 0.5) is 0 Å². The van der Waals surface area contributed by atoms with Crippen LogP contribution >= 0.6 is 0 Å². The van der Waals surface area contributed by atoms with Gasteiger partial charge in [0.05, 0.1) is 25.3 Å². The molecule has 0 saturated carbocycles. The van der Waals surface area contributed by atoms with Crippen LogP contribution < -0.4 is 21.3 Å². The Labute approximate surface area is 219 Å². The Morgan fingerprint density at radius 1 is 0.919 bits per heavy atom. The number of ether oxygens (including phenoxy) is 1. The van der Waals surface area contributed by atoms with Gasteiger partial charge in [0.1, 0.15) is 12.1 Å². The molecule has 0 aliphatic heterocycles. The van der Waals surface area contributed by atoms with Crippen LogP contribution in [0.3, 0.4) is 0 Å². The fraction of sp³-hybridized carbons (Fsp3) is 0.483. The Morgan fingerprint density at radius 2 is 1.62 bits per heavy atom. The van der Waals surface area contributed by atoms with Gasteiger partial charge in [0.25, 0.3) is 0 Å². The zero-order chi connectivity index (χ0) is 26.8. The number of carbonyl (C=O) groups excluding carboxylic acids is 3. The number of hydrogen-bond donors (Lipinski definition) is 4. The molecule has 4 unspecified atom stereocenters. The summed E-state index contributed by atoms with van der Waals surface area (Å²) in [7, 11) is 1.68. The van der Waals surface area contributed by atoms with Crippen LogP contribution in [-0.4, -0.2) is 49.5 Å². The Hall–Kier alpha value is -3.23. The van der Waals surface area contributed by atoms with Gasteiger partial charge in [-0.05, 0) is 55.8 Å². The normalized spacial score (nSPS) is 17.3. The smallest absolute Gasteiger partial charge is 0.245 e. The maximum Gasteiger partial charge on any atom is 0.245 e. The number of amides is 3. The predicted octanol–water partition coefficient (Wildman–Crippen LogP) is 2.63. The largest absolute Gasteiger partial charge is 0.374 e. The summed E-state index contributed by atoms with van der Waals surface area (Å²) in [5.74, 6) is -1.18. The number of fused-ring (bicyclic) bond motifs is 1. The number of aryl methyl sites for hydroxylation is 1. The van der Waals surface area contributed by atoms with Crippen molar-refractivity contribution in [3.05, 3.63) is 71.3 Å². The molecule has 0 radical (unpaired) electrons. The highest BCUT2D eigenvalue weighted by molar-refractivity contribution is 5.93. The lowest BCUT2D eigenvalue weighted by Crippen LogP contribution is -2.58. The third-order valence-electron chi connectivity index (χ3n) is 6.79. The summed E-state index contributed by atoms with van der Waals surface area (Å²) in [4.78, 5) is 39.2. The minimum atomic E-state index is -0.912. The number of rotatable bonds is 12. The van der Waals surface area contributed by atoms with E-state index in [0.29, 0.717) is 6.61 Å². The van der Waals surface area contributed by atoms with Crippen molar-refractivity contribution in [2.45, 2.75) is 70.8 Å². The molecule has 0 fully saturated rings. The summed E-state index contributed by atoms with van der Waals surface area (Å²) in [5.41, 5.74) is 3.33. The van der Waals surface area contributed by atoms with Crippen LogP contribution in [0.25, 0.3) is 0 Å². The first kappa shape index (κ1) is 28.3. The Kier molecular flexibility index (Phi) is 10.7. The maximum atomic E-state index is 13.5. The van der Waals surface area contributed by atoms with Gasteiger partial charge in [-0.25, -0.2) is 0 Å². The summed E-state index contributed by atoms with van der Waals surface area (Å²) in [6, 6.07) is 15.5. The van der Waals surface area contributed by atoms with E-state index in [9.17, 15) is 14.4 Å². The highest BCUT2D eigenvalue weighted by Crippen LogP contribution is 2.29. The first-order chi connectivity index (χ1) is 17.8. The molecule has 37 heavy (non-hydrogen) atoms. The number of nitrogens with one attached hydrogen (secondary N) is 4. The van der Waals surface area contributed by atoms with Crippen LogP contribution in [0.15, 0.2) is 54.6 Å². The molecule has 4 N–H and O–H groups in total. The highest BCUT2D eigenvalue weighted by Gasteiger charge is 2.31. The van der Waals surface area contributed by atoms with Crippen LogP contribution in [-0.2, 0) is 32.1 Å². The molecule has 3 amide bonds. The molecule has 0 saturated heterocycles. The van der Waals surface area contributed by atoms with Gasteiger partial charge in [0.2, 0.25) is 17.7 Å². The van der Waals surface area contributed by atoms with Crippen molar-refractivity contribution in [3.8, 4) is 0 Å². The number of carbonyl (C=O) groups is 3. The standard InChI is InChI=1S/C29H40N4O4/c1-19(2)26(33-27(34)20(3)30-4)29(36)32-25(18-37-17-21-11-6-5-7-12-21)28(35)31-24-16-10-14-22-13-8-9-15-23(22)24/h5-9,11-13,15,19-20,24-26,30H,10,14,16-18H2,1-4H3,(H,31,35)(H,32,36)(H,33,34). The van der Waals surface area contributed by atoms with E-state index in [1.165, 1.54) is 5.56 Å². The Morgan fingerprint density at radius 3 is 2.32 bits per heavy atom. The molecule has 200 valence electrons. The second-order valence-electron chi connectivity index (χ2n) is 9.95. The average Bonchev–Trinajstić information content (AvgIpc) is 2.91. The SMILES string of the molecule is CNC(C)C(=O)NC(C(=O)NC(COCc1ccccc1)C(=O)NC1CCCc2ccccc21)C(C)C. The van der Waals surface area contributed by atoms with Crippen LogP contribution in [0.1, 0.15) is 56.3 Å². The molecule has 2 aromatic carbocycles. The van der Waals surface area contributed by atoms with E-state index in [1.54, 1.807) is 14.0 Å². The molecular formula is C29H40N4O4. The van der Waals surface area contributed by atoms with Crippen molar-refractivity contribution < 1.29 is 19.1 Å². The van der Waals surface area contributed by atoms with Crippen molar-refractivity contribution in [3.63, 3.8) is 0 Å². The van der Waals surface area contributed by atoms with E-state index >= 15 is 0 Å². The van der Waals surface area contributed by atoms with Crippen LogP contribution in [0.2, 0.25) is 0 Å². The van der Waals surface area contributed by atoms with Gasteiger partial charge in [-0.15, -0.1) is 0 Å². The van der Waals surface area contributed by atoms with E-state index in [-0.39, 0.29) is 30.4 Å². The van der Waals surface area contributed by atoms with Gasteiger partial charge in [-0.1, -0.05) is 68.4 Å². The molecule has 8 heteroatoms. The molecule has 4 atom stereocenters. The van der Waals surface area contributed by atoms with Gasteiger partial charge < -0.3 is 26.0 Å². The Bertz CT molecular complexity index is 1040. The lowest BCUT2D eigenvalue weighted by atomic mass is 9.87. The second-order valence-corrected chi connectivity index (χ2v) is 9.95. The monoisotopic (exact) mass is 508 g/mol. The molecule has 1 aliphatic rings. The van der Waals surface area contributed by atoms with Crippen molar-refractivity contribution >= 4 is 17.7 Å². The zero-order valence-electron chi connectivity index (χ0n) is 22.3. The third-order valence-corrected chi connectivity index (χ3v) is 6.79. The van der Waals surface area contributed by atoms with Gasteiger partial charge >= 0.3 is 0 Å². The van der Waals surface area contributed by atoms with Crippen LogP contribution in [0, 0.1) is 5.92 Å². The highest BCUT2D eigenvalue weighted by atomic mass is 16.5. The second kappa shape index (κ2) is 13.9. The van der Waals surface area contributed by atoms with Gasteiger partial charge in [0, 0.05) is 0 Å². The zero-order valence-corrected chi connectivity index (χ0v) is 22.3. The molecular weight excluding hydrogens is 468 g/mol. The predicted molar refractivity (Wildman–Crippen MR) is 144 cm³/mol. The van der Waals surface area contributed by atoms with Gasteiger partial charge in [0.15, 0.2) is 0 Å². The van der Waals surface area contributed by atoms with Crippen LogP contribution in [0.5, 0.6) is 0 Å². The third kappa shape index (κ3) is 8.13. The molecule has 2 aromatic rings. The minimum Gasteiger partial charge on any atom is -0.374 e. The number of likely N-dealkylation sites (N-methyl/N-ethyl adjacent to an activating group) is 1. The lowest BCUT2D eigenvalue weighted by molar-refractivity contribution is -0.134. The minimum absolute atomic E-state index is 0.00646. The molecule has 1 aliphatic carbocycles. The topological polar surface area (TPSA) is 109 Å². The summed E-state index contributed by atoms with van der Waals surface area (Å²) in [6.45, 7) is 5.76. The summed E-state index contributed by atoms with van der Waals surface area (Å²) in [5, 5.41) is 11.7. The van der Waals surface area contributed by atoms with Crippen molar-refractivity contribution in [2.24, 2.45) is 5.92 Å². The van der Waals surface area contributed by atoms with Crippen molar-refractivity contribution in [2.75, 3.05) is 13.7 Å². The lowest BCUT2D eigenvalue weighted by Gasteiger charge is -2.29. The summed E-state index contributed by atoms with van der Waals surface area (Å²) < 4.78 is 5.87.